The van der Waals surface area contributed by atoms with Gasteiger partial charge in [-0.25, -0.2) is 4.98 Å². The van der Waals surface area contributed by atoms with Crippen LogP contribution < -0.4 is 5.73 Å². The molecule has 2 rings (SSSR count). The average molecular weight is 274 g/mol. The number of rotatable bonds is 3. The Labute approximate surface area is 105 Å². The van der Waals surface area contributed by atoms with Crippen LogP contribution in [0.15, 0.2) is 34.6 Å². The van der Waals surface area contributed by atoms with Gasteiger partial charge in [0.2, 0.25) is 0 Å². The van der Waals surface area contributed by atoms with Crippen LogP contribution in [0.4, 0.5) is 13.2 Å². The van der Waals surface area contributed by atoms with E-state index in [2.05, 4.69) is 15.2 Å². The van der Waals surface area contributed by atoms with Crippen molar-refractivity contribution in [3.63, 3.8) is 0 Å². The number of halogens is 3. The fraction of sp³-hybridized carbons (Fsp3) is 0.200. The smallest absolute Gasteiger partial charge is 0.326 e. The average Bonchev–Trinajstić information content (AvgIpc) is 2.80. The first-order valence-corrected chi connectivity index (χ1v) is 5.76. The molecule has 1 aromatic heterocycles. The standard InChI is InChI=1S/C10H9F3N4S/c11-10(12,13)8-2-1-7(3-6(8)4-14)18-9-15-5-16-17-9/h1-3,5H,4,14H2,(H,15,16,17). The highest BCUT2D eigenvalue weighted by Gasteiger charge is 2.32. The summed E-state index contributed by atoms with van der Waals surface area (Å²) in [5.41, 5.74) is 4.70. The van der Waals surface area contributed by atoms with Gasteiger partial charge in [-0.05, 0) is 23.8 Å². The summed E-state index contributed by atoms with van der Waals surface area (Å²) in [4.78, 5) is 4.51. The fourth-order valence-corrected chi connectivity index (χ4v) is 2.19. The van der Waals surface area contributed by atoms with Gasteiger partial charge in [-0.3, -0.25) is 5.10 Å². The van der Waals surface area contributed by atoms with E-state index in [1.54, 1.807) is 0 Å². The third-order valence-corrected chi connectivity index (χ3v) is 3.09. The van der Waals surface area contributed by atoms with Gasteiger partial charge in [-0.15, -0.1) is 0 Å². The van der Waals surface area contributed by atoms with Crippen LogP contribution in [0.5, 0.6) is 0 Å². The van der Waals surface area contributed by atoms with Crippen LogP contribution in [0.3, 0.4) is 0 Å². The monoisotopic (exact) mass is 274 g/mol. The minimum Gasteiger partial charge on any atom is -0.326 e. The Bertz CT molecular complexity index is 524. The van der Waals surface area contributed by atoms with Crippen LogP contribution >= 0.6 is 11.8 Å². The summed E-state index contributed by atoms with van der Waals surface area (Å²) >= 11 is 1.19. The zero-order valence-corrected chi connectivity index (χ0v) is 9.85. The summed E-state index contributed by atoms with van der Waals surface area (Å²) in [6, 6.07) is 3.83. The Kier molecular flexibility index (Phi) is 3.58. The fourth-order valence-electron chi connectivity index (χ4n) is 1.43. The van der Waals surface area contributed by atoms with Crippen molar-refractivity contribution in [2.24, 2.45) is 5.73 Å². The number of H-pyrrole nitrogens is 1. The van der Waals surface area contributed by atoms with Crippen LogP contribution in [0.25, 0.3) is 0 Å². The third kappa shape index (κ3) is 2.82. The highest BCUT2D eigenvalue weighted by molar-refractivity contribution is 7.99. The molecular weight excluding hydrogens is 265 g/mol. The molecule has 0 unspecified atom stereocenters. The Morgan fingerprint density at radius 2 is 2.11 bits per heavy atom. The number of nitrogens with two attached hydrogens (primary N) is 1. The maximum atomic E-state index is 12.7. The maximum Gasteiger partial charge on any atom is 0.416 e. The van der Waals surface area contributed by atoms with Crippen molar-refractivity contribution in [3.8, 4) is 0 Å². The lowest BCUT2D eigenvalue weighted by atomic mass is 10.1. The molecule has 3 N–H and O–H groups in total. The summed E-state index contributed by atoms with van der Waals surface area (Å²) < 4.78 is 38.0. The molecule has 0 aliphatic carbocycles. The van der Waals surface area contributed by atoms with Crippen molar-refractivity contribution in [2.45, 2.75) is 22.8 Å². The van der Waals surface area contributed by atoms with E-state index in [4.69, 9.17) is 5.73 Å². The van der Waals surface area contributed by atoms with Gasteiger partial charge in [0, 0.05) is 11.4 Å². The van der Waals surface area contributed by atoms with Gasteiger partial charge in [0.1, 0.15) is 6.33 Å². The Morgan fingerprint density at radius 1 is 1.33 bits per heavy atom. The molecule has 0 spiro atoms. The van der Waals surface area contributed by atoms with Gasteiger partial charge in [-0.1, -0.05) is 11.8 Å². The van der Waals surface area contributed by atoms with Crippen LogP contribution in [0, 0.1) is 0 Å². The molecule has 0 bridgehead atoms. The van der Waals surface area contributed by atoms with Gasteiger partial charge in [0.25, 0.3) is 0 Å². The molecule has 0 atom stereocenters. The van der Waals surface area contributed by atoms with Crippen molar-refractivity contribution < 1.29 is 13.2 Å². The zero-order valence-electron chi connectivity index (χ0n) is 9.03. The third-order valence-electron chi connectivity index (χ3n) is 2.21. The second-order valence-corrected chi connectivity index (χ2v) is 4.48. The predicted molar refractivity (Wildman–Crippen MR) is 59.8 cm³/mol. The first-order valence-electron chi connectivity index (χ1n) is 4.94. The van der Waals surface area contributed by atoms with Crippen molar-refractivity contribution in [2.75, 3.05) is 0 Å². The number of nitrogens with zero attached hydrogens (tertiary/aromatic N) is 2. The minimum absolute atomic E-state index is 0.0621. The lowest BCUT2D eigenvalue weighted by molar-refractivity contribution is -0.138. The number of aromatic nitrogens is 3. The van der Waals surface area contributed by atoms with E-state index in [0.29, 0.717) is 10.1 Å². The molecule has 4 nitrogen and oxygen atoms in total. The molecule has 1 heterocycles. The Morgan fingerprint density at radius 3 is 2.67 bits per heavy atom. The van der Waals surface area contributed by atoms with Crippen LogP contribution in [0.1, 0.15) is 11.1 Å². The molecule has 0 saturated carbocycles. The molecule has 2 aromatic rings. The highest BCUT2D eigenvalue weighted by Crippen LogP contribution is 2.34. The molecule has 0 saturated heterocycles. The van der Waals surface area contributed by atoms with Gasteiger partial charge in [0.05, 0.1) is 5.56 Å². The Hall–Kier alpha value is -1.54. The van der Waals surface area contributed by atoms with E-state index in [1.807, 2.05) is 0 Å². The van der Waals surface area contributed by atoms with E-state index >= 15 is 0 Å². The van der Waals surface area contributed by atoms with E-state index in [1.165, 1.54) is 30.2 Å². The minimum atomic E-state index is -4.38. The first kappa shape index (κ1) is 12.9. The summed E-state index contributed by atoms with van der Waals surface area (Å²) in [6.45, 7) is -0.167. The molecular formula is C10H9F3N4S. The largest absolute Gasteiger partial charge is 0.416 e. The van der Waals surface area contributed by atoms with Gasteiger partial charge < -0.3 is 5.73 Å². The van der Waals surface area contributed by atoms with E-state index in [-0.39, 0.29) is 12.1 Å². The topological polar surface area (TPSA) is 67.6 Å². The second kappa shape index (κ2) is 4.99. The molecule has 0 fully saturated rings. The summed E-state index contributed by atoms with van der Waals surface area (Å²) in [5, 5.41) is 6.78. The van der Waals surface area contributed by atoms with Gasteiger partial charge >= 0.3 is 6.18 Å². The second-order valence-electron chi connectivity index (χ2n) is 3.41. The van der Waals surface area contributed by atoms with E-state index in [0.717, 1.165) is 6.07 Å². The van der Waals surface area contributed by atoms with Crippen molar-refractivity contribution in [1.82, 2.24) is 15.2 Å². The van der Waals surface area contributed by atoms with Gasteiger partial charge in [0.15, 0.2) is 5.16 Å². The number of alkyl halides is 3. The van der Waals surface area contributed by atoms with E-state index in [9.17, 15) is 13.2 Å². The molecule has 8 heteroatoms. The van der Waals surface area contributed by atoms with Gasteiger partial charge in [-0.2, -0.15) is 18.3 Å². The predicted octanol–water partition coefficient (Wildman–Crippen LogP) is 2.43. The van der Waals surface area contributed by atoms with E-state index < -0.39 is 11.7 Å². The molecule has 1 aromatic carbocycles. The number of hydrogen-bond donors (Lipinski definition) is 2. The van der Waals surface area contributed by atoms with Crippen LogP contribution in [-0.2, 0) is 12.7 Å². The molecule has 0 aliphatic heterocycles. The summed E-state index contributed by atoms with van der Waals surface area (Å²) in [7, 11) is 0. The quantitative estimate of drug-likeness (QED) is 0.902. The maximum absolute atomic E-state index is 12.7. The number of hydrogen-bond acceptors (Lipinski definition) is 4. The lowest BCUT2D eigenvalue weighted by Crippen LogP contribution is -2.11. The van der Waals surface area contributed by atoms with Crippen molar-refractivity contribution >= 4 is 11.8 Å². The van der Waals surface area contributed by atoms with Crippen LogP contribution in [-0.4, -0.2) is 15.2 Å². The van der Waals surface area contributed by atoms with Crippen molar-refractivity contribution in [3.05, 3.63) is 35.7 Å². The molecule has 0 radical (unpaired) electrons. The van der Waals surface area contributed by atoms with Crippen molar-refractivity contribution in [1.29, 1.82) is 0 Å². The SMILES string of the molecule is NCc1cc(Sc2ncn[nH]2)ccc1C(F)(F)F. The Balaban J connectivity index is 2.30. The number of benzene rings is 1. The molecule has 0 amide bonds. The summed E-state index contributed by atoms with van der Waals surface area (Å²) in [6.07, 6.45) is -3.06. The first-order chi connectivity index (χ1) is 8.50. The number of nitrogens with one attached hydrogen (secondary N) is 1. The normalized spacial score (nSPS) is 11.8. The molecule has 18 heavy (non-hydrogen) atoms. The summed E-state index contributed by atoms with van der Waals surface area (Å²) in [5.74, 6) is 0. The van der Waals surface area contributed by atoms with Crippen LogP contribution in [0.2, 0.25) is 0 Å². The zero-order chi connectivity index (χ0) is 13.2. The highest BCUT2D eigenvalue weighted by atomic mass is 32.2. The lowest BCUT2D eigenvalue weighted by Gasteiger charge is -2.12. The molecule has 96 valence electrons. The number of aromatic amines is 1. The molecule has 0 aliphatic rings.